The molecule has 0 fully saturated rings. The molecule has 0 unspecified atom stereocenters. The van der Waals surface area contributed by atoms with E-state index >= 15 is 0 Å². The van der Waals surface area contributed by atoms with E-state index in [2.05, 4.69) is 34.0 Å². The number of nitrogen functional groups attached to an aromatic ring is 1. The molecule has 7 heteroatoms. The van der Waals surface area contributed by atoms with Crippen LogP contribution in [-0.2, 0) is 0 Å². The molecule has 0 radical (unpaired) electrons. The number of anilines is 1. The van der Waals surface area contributed by atoms with Crippen molar-refractivity contribution in [3.8, 4) is 11.5 Å². The number of hydrogen-bond donors (Lipinski definition) is 2. The molecule has 0 aliphatic carbocycles. The molecule has 2 aromatic rings. The van der Waals surface area contributed by atoms with Gasteiger partial charge in [-0.3, -0.25) is 4.79 Å². The molecule has 1 amide bonds. The highest BCUT2D eigenvalue weighted by Gasteiger charge is 2.21. The van der Waals surface area contributed by atoms with Crippen LogP contribution < -0.4 is 11.1 Å². The Bertz CT molecular complexity index is 661. The maximum absolute atomic E-state index is 12.2. The quantitative estimate of drug-likeness (QED) is 0.840. The summed E-state index contributed by atoms with van der Waals surface area (Å²) in [5, 5.41) is 2.89. The van der Waals surface area contributed by atoms with E-state index in [0.29, 0.717) is 23.8 Å². The molecule has 2 aromatic heterocycles. The van der Waals surface area contributed by atoms with Crippen molar-refractivity contribution in [1.82, 2.24) is 20.2 Å². The molecular formula is C16H23N5O2. The Kier molecular flexibility index (Phi) is 5.00. The van der Waals surface area contributed by atoms with Gasteiger partial charge in [-0.15, -0.1) is 0 Å². The van der Waals surface area contributed by atoms with Gasteiger partial charge in [0.2, 0.25) is 5.89 Å². The monoisotopic (exact) mass is 317 g/mol. The first kappa shape index (κ1) is 17.0. The first-order valence-electron chi connectivity index (χ1n) is 7.37. The summed E-state index contributed by atoms with van der Waals surface area (Å²) in [4.78, 5) is 22.5. The number of hydrogen-bond acceptors (Lipinski definition) is 6. The summed E-state index contributed by atoms with van der Waals surface area (Å²) in [6.07, 6.45) is 2.91. The van der Waals surface area contributed by atoms with E-state index in [1.54, 1.807) is 18.3 Å². The fourth-order valence-electron chi connectivity index (χ4n) is 2.36. The maximum Gasteiger partial charge on any atom is 0.273 e. The van der Waals surface area contributed by atoms with Gasteiger partial charge in [0.05, 0.1) is 5.56 Å². The van der Waals surface area contributed by atoms with E-state index in [9.17, 15) is 4.79 Å². The molecule has 0 bridgehead atoms. The predicted octanol–water partition coefficient (Wildman–Crippen LogP) is 1.64. The smallest absolute Gasteiger partial charge is 0.273 e. The van der Waals surface area contributed by atoms with Crippen LogP contribution in [0.5, 0.6) is 0 Å². The van der Waals surface area contributed by atoms with E-state index in [-0.39, 0.29) is 17.0 Å². The van der Waals surface area contributed by atoms with Gasteiger partial charge in [-0.05, 0) is 31.6 Å². The number of carbonyl (C=O) groups is 1. The Hall–Kier alpha value is -2.41. The van der Waals surface area contributed by atoms with Crippen molar-refractivity contribution in [1.29, 1.82) is 0 Å². The van der Waals surface area contributed by atoms with E-state index in [4.69, 9.17) is 10.2 Å². The van der Waals surface area contributed by atoms with E-state index in [1.807, 2.05) is 14.1 Å². The van der Waals surface area contributed by atoms with Gasteiger partial charge in [0.1, 0.15) is 12.1 Å². The minimum Gasteiger partial charge on any atom is -0.444 e. The Morgan fingerprint density at radius 1 is 1.39 bits per heavy atom. The lowest BCUT2D eigenvalue weighted by Crippen LogP contribution is -2.40. The summed E-state index contributed by atoms with van der Waals surface area (Å²) >= 11 is 0. The second-order valence-corrected chi connectivity index (χ2v) is 6.59. The van der Waals surface area contributed by atoms with Crippen LogP contribution in [0.1, 0.15) is 24.3 Å². The van der Waals surface area contributed by atoms with Crippen molar-refractivity contribution < 1.29 is 9.21 Å². The Labute approximate surface area is 135 Å². The lowest BCUT2D eigenvalue weighted by molar-refractivity contribution is 0.0924. The van der Waals surface area contributed by atoms with Crippen LogP contribution in [0.4, 0.5) is 5.82 Å². The number of carbonyl (C=O) groups excluding carboxylic acids is 1. The number of pyridine rings is 1. The molecule has 0 atom stereocenters. The van der Waals surface area contributed by atoms with Crippen molar-refractivity contribution in [2.24, 2.45) is 5.41 Å². The lowest BCUT2D eigenvalue weighted by atomic mass is 9.93. The van der Waals surface area contributed by atoms with Crippen LogP contribution >= 0.6 is 0 Å². The van der Waals surface area contributed by atoms with E-state index in [0.717, 1.165) is 6.54 Å². The molecule has 0 saturated heterocycles. The molecule has 7 nitrogen and oxygen atoms in total. The molecule has 2 rings (SSSR count). The number of nitrogens with zero attached hydrogens (tertiary/aromatic N) is 3. The average Bonchev–Trinajstić information content (AvgIpc) is 2.94. The van der Waals surface area contributed by atoms with Gasteiger partial charge in [-0.1, -0.05) is 13.8 Å². The van der Waals surface area contributed by atoms with Crippen molar-refractivity contribution >= 4 is 11.7 Å². The topological polar surface area (TPSA) is 97.3 Å². The number of rotatable bonds is 6. The number of nitrogens with two attached hydrogens (primary N) is 1. The minimum atomic E-state index is -0.254. The second kappa shape index (κ2) is 6.78. The van der Waals surface area contributed by atoms with Gasteiger partial charge >= 0.3 is 0 Å². The fraction of sp³-hybridized carbons (Fsp3) is 0.438. The van der Waals surface area contributed by atoms with Crippen LogP contribution in [0.15, 0.2) is 29.0 Å². The summed E-state index contributed by atoms with van der Waals surface area (Å²) in [6, 6.07) is 3.40. The summed E-state index contributed by atoms with van der Waals surface area (Å²) < 4.78 is 5.35. The summed E-state index contributed by atoms with van der Waals surface area (Å²) in [7, 11) is 4.02. The zero-order valence-electron chi connectivity index (χ0n) is 14.0. The molecule has 0 saturated carbocycles. The summed E-state index contributed by atoms with van der Waals surface area (Å²) in [6.45, 7) is 5.62. The van der Waals surface area contributed by atoms with Gasteiger partial charge in [-0.25, -0.2) is 9.97 Å². The number of aromatic nitrogens is 2. The van der Waals surface area contributed by atoms with Gasteiger partial charge < -0.3 is 20.4 Å². The molecule has 124 valence electrons. The first-order chi connectivity index (χ1) is 10.8. The number of nitrogens with one attached hydrogen (secondary N) is 1. The highest BCUT2D eigenvalue weighted by atomic mass is 16.3. The zero-order valence-corrected chi connectivity index (χ0v) is 14.0. The lowest BCUT2D eigenvalue weighted by Gasteiger charge is -2.28. The third-order valence-corrected chi connectivity index (χ3v) is 3.24. The van der Waals surface area contributed by atoms with Gasteiger partial charge in [0.15, 0.2) is 5.69 Å². The van der Waals surface area contributed by atoms with Crippen LogP contribution in [-0.4, -0.2) is 48.0 Å². The van der Waals surface area contributed by atoms with Crippen molar-refractivity contribution in [3.63, 3.8) is 0 Å². The molecule has 0 spiro atoms. The standard InChI is InChI=1S/C16H23N5O2/c1-16(2,10-21(3)4)9-19-14(22)12-8-23-15(20-12)11-5-6-13(17)18-7-11/h5-8H,9-10H2,1-4H3,(H2,17,18)(H,19,22). The van der Waals surface area contributed by atoms with E-state index < -0.39 is 0 Å². The second-order valence-electron chi connectivity index (χ2n) is 6.59. The highest BCUT2D eigenvalue weighted by molar-refractivity contribution is 5.92. The Balaban J connectivity index is 2.00. The SMILES string of the molecule is CN(C)CC(C)(C)CNC(=O)c1coc(-c2ccc(N)nc2)n1. The summed E-state index contributed by atoms with van der Waals surface area (Å²) in [5.41, 5.74) is 6.43. The maximum atomic E-state index is 12.2. The zero-order chi connectivity index (χ0) is 17.0. The van der Waals surface area contributed by atoms with Crippen molar-refractivity contribution in [2.75, 3.05) is 32.9 Å². The largest absolute Gasteiger partial charge is 0.444 e. The van der Waals surface area contributed by atoms with Crippen LogP contribution in [0, 0.1) is 5.41 Å². The van der Waals surface area contributed by atoms with Crippen LogP contribution in [0.3, 0.4) is 0 Å². The Morgan fingerprint density at radius 2 is 2.13 bits per heavy atom. The summed E-state index contributed by atoms with van der Waals surface area (Å²) in [5.74, 6) is 0.506. The normalized spacial score (nSPS) is 11.7. The fourth-order valence-corrected chi connectivity index (χ4v) is 2.36. The minimum absolute atomic E-state index is 0.0351. The van der Waals surface area contributed by atoms with Gasteiger partial charge in [-0.2, -0.15) is 0 Å². The predicted molar refractivity (Wildman–Crippen MR) is 88.8 cm³/mol. The average molecular weight is 317 g/mol. The van der Waals surface area contributed by atoms with Crippen molar-refractivity contribution in [3.05, 3.63) is 30.3 Å². The van der Waals surface area contributed by atoms with E-state index in [1.165, 1.54) is 6.26 Å². The van der Waals surface area contributed by atoms with Gasteiger partial charge in [0.25, 0.3) is 5.91 Å². The molecule has 3 N–H and O–H groups in total. The third kappa shape index (κ3) is 4.79. The molecular weight excluding hydrogens is 294 g/mol. The molecule has 0 aliphatic heterocycles. The molecule has 0 aliphatic rings. The van der Waals surface area contributed by atoms with Crippen LogP contribution in [0.25, 0.3) is 11.5 Å². The Morgan fingerprint density at radius 3 is 2.74 bits per heavy atom. The highest BCUT2D eigenvalue weighted by Crippen LogP contribution is 2.19. The van der Waals surface area contributed by atoms with Crippen LogP contribution in [0.2, 0.25) is 0 Å². The first-order valence-corrected chi connectivity index (χ1v) is 7.37. The number of amides is 1. The molecule has 23 heavy (non-hydrogen) atoms. The number of oxazole rings is 1. The van der Waals surface area contributed by atoms with Crippen molar-refractivity contribution in [2.45, 2.75) is 13.8 Å². The molecule has 0 aromatic carbocycles. The van der Waals surface area contributed by atoms with Gasteiger partial charge in [0, 0.05) is 19.3 Å². The molecule has 2 heterocycles. The third-order valence-electron chi connectivity index (χ3n) is 3.24.